The van der Waals surface area contributed by atoms with Gasteiger partial charge in [-0.2, -0.15) is 0 Å². The number of ether oxygens (including phenoxy) is 1. The zero-order valence-corrected chi connectivity index (χ0v) is 18.0. The fraction of sp³-hybridized carbons (Fsp3) is 0.522. The van der Waals surface area contributed by atoms with Crippen molar-refractivity contribution >= 4 is 6.03 Å². The lowest BCUT2D eigenvalue weighted by Gasteiger charge is -2.29. The minimum Gasteiger partial charge on any atom is -0.492 e. The summed E-state index contributed by atoms with van der Waals surface area (Å²) >= 11 is 0. The number of carbonyl (C=O) groups excluding carboxylic acids is 1. The number of carbonyl (C=O) groups is 1. The van der Waals surface area contributed by atoms with E-state index in [-0.39, 0.29) is 11.8 Å². The van der Waals surface area contributed by atoms with E-state index in [1.54, 1.807) is 23.2 Å². The average molecular weight is 404 g/mol. The van der Waals surface area contributed by atoms with Gasteiger partial charge in [-0.15, -0.1) is 0 Å². The van der Waals surface area contributed by atoms with E-state index in [1.165, 1.54) is 12.1 Å². The van der Waals surface area contributed by atoms with Crippen LogP contribution in [0.3, 0.4) is 0 Å². The second kappa shape index (κ2) is 11.6. The van der Waals surface area contributed by atoms with Crippen LogP contribution in [0.4, 0.5) is 9.18 Å². The van der Waals surface area contributed by atoms with Crippen molar-refractivity contribution in [2.45, 2.75) is 46.2 Å². The van der Waals surface area contributed by atoms with E-state index in [9.17, 15) is 9.18 Å². The van der Waals surface area contributed by atoms with Gasteiger partial charge in [-0.05, 0) is 63.0 Å². The van der Waals surface area contributed by atoms with Gasteiger partial charge < -0.3 is 19.9 Å². The van der Waals surface area contributed by atoms with Crippen molar-refractivity contribution < 1.29 is 13.9 Å². The summed E-state index contributed by atoms with van der Waals surface area (Å²) in [4.78, 5) is 17.0. The van der Waals surface area contributed by atoms with Gasteiger partial charge in [0.15, 0.2) is 0 Å². The molecule has 1 N–H and O–H groups in total. The maximum absolute atomic E-state index is 13.2. The minimum atomic E-state index is -0.276. The van der Waals surface area contributed by atoms with E-state index < -0.39 is 0 Å². The lowest BCUT2D eigenvalue weighted by atomic mass is 10.1. The van der Waals surface area contributed by atoms with E-state index in [4.69, 9.17) is 4.74 Å². The maximum atomic E-state index is 13.2. The molecule has 5 nitrogen and oxygen atoms in total. The van der Waals surface area contributed by atoms with Crippen molar-refractivity contribution in [3.63, 3.8) is 0 Å². The number of likely N-dealkylation sites (tertiary alicyclic amines) is 1. The van der Waals surface area contributed by atoms with Crippen molar-refractivity contribution in [2.75, 3.05) is 26.7 Å². The van der Waals surface area contributed by atoms with Crippen molar-refractivity contribution in [3.05, 3.63) is 59.8 Å². The Kier molecular flexibility index (Phi) is 9.19. The molecular formula is C23H34FN3O2. The number of allylic oxidation sites excluding steroid dienone is 2. The smallest absolute Gasteiger partial charge is 0.321 e. The summed E-state index contributed by atoms with van der Waals surface area (Å²) in [6.07, 6.45) is 7.53. The van der Waals surface area contributed by atoms with Crippen molar-refractivity contribution in [1.82, 2.24) is 15.1 Å². The SMILES string of the molecule is C/C=C\C(=C/NC(=O)N(Cc1ccc(F)cc1)C[C@@H]1CCCN1C)OCC(C)C. The molecule has 6 heteroatoms. The molecule has 0 bridgehead atoms. The molecule has 1 aromatic carbocycles. The summed E-state index contributed by atoms with van der Waals surface area (Å²) in [5.41, 5.74) is 0.899. The minimum absolute atomic E-state index is 0.190. The first-order chi connectivity index (χ1) is 13.9. The van der Waals surface area contributed by atoms with Crippen molar-refractivity contribution in [1.29, 1.82) is 0 Å². The Balaban J connectivity index is 2.09. The number of nitrogens with zero attached hydrogens (tertiary/aromatic N) is 2. The molecule has 1 saturated heterocycles. The van der Waals surface area contributed by atoms with Crippen LogP contribution in [-0.2, 0) is 11.3 Å². The summed E-state index contributed by atoms with van der Waals surface area (Å²) in [5, 5.41) is 2.87. The third-order valence-corrected chi connectivity index (χ3v) is 4.93. The van der Waals surface area contributed by atoms with Crippen LogP contribution in [0.5, 0.6) is 0 Å². The number of benzene rings is 1. The van der Waals surface area contributed by atoms with Crippen molar-refractivity contribution in [3.8, 4) is 0 Å². The predicted molar refractivity (Wildman–Crippen MR) is 115 cm³/mol. The van der Waals surface area contributed by atoms with E-state index in [2.05, 4.69) is 31.1 Å². The predicted octanol–water partition coefficient (Wildman–Crippen LogP) is 4.52. The molecule has 1 atom stereocenters. The number of urea groups is 1. The molecule has 1 aromatic rings. The Labute approximate surface area is 174 Å². The molecule has 0 saturated carbocycles. The molecule has 2 amide bonds. The average Bonchev–Trinajstić information content (AvgIpc) is 3.09. The first-order valence-electron chi connectivity index (χ1n) is 10.3. The van der Waals surface area contributed by atoms with Gasteiger partial charge in [0.05, 0.1) is 6.61 Å². The number of halogens is 1. The van der Waals surface area contributed by atoms with Crippen LogP contribution >= 0.6 is 0 Å². The Morgan fingerprint density at radius 3 is 2.69 bits per heavy atom. The highest BCUT2D eigenvalue weighted by atomic mass is 19.1. The zero-order valence-electron chi connectivity index (χ0n) is 18.0. The van der Waals surface area contributed by atoms with Gasteiger partial charge in [-0.1, -0.05) is 32.1 Å². The molecule has 1 aliphatic heterocycles. The molecule has 160 valence electrons. The highest BCUT2D eigenvalue weighted by molar-refractivity contribution is 5.75. The first-order valence-corrected chi connectivity index (χ1v) is 10.3. The Bertz CT molecular complexity index is 701. The number of rotatable bonds is 9. The third kappa shape index (κ3) is 7.89. The van der Waals surface area contributed by atoms with E-state index in [0.717, 1.165) is 24.9 Å². The van der Waals surface area contributed by atoms with Crippen LogP contribution in [0.25, 0.3) is 0 Å². The third-order valence-electron chi connectivity index (χ3n) is 4.93. The number of hydrogen-bond donors (Lipinski definition) is 1. The zero-order chi connectivity index (χ0) is 21.2. The normalized spacial score (nSPS) is 17.9. The first kappa shape index (κ1) is 22.9. The van der Waals surface area contributed by atoms with Gasteiger partial charge in [-0.25, -0.2) is 9.18 Å². The van der Waals surface area contributed by atoms with Gasteiger partial charge in [0.1, 0.15) is 11.6 Å². The molecule has 2 rings (SSSR count). The fourth-order valence-corrected chi connectivity index (χ4v) is 3.28. The summed E-state index contributed by atoms with van der Waals surface area (Å²) in [5.74, 6) is 0.739. The van der Waals surface area contributed by atoms with Crippen molar-refractivity contribution in [2.24, 2.45) is 5.92 Å². The van der Waals surface area contributed by atoms with Gasteiger partial charge in [0.25, 0.3) is 0 Å². The monoisotopic (exact) mass is 403 g/mol. The maximum Gasteiger partial charge on any atom is 0.321 e. The van der Waals surface area contributed by atoms with E-state index in [0.29, 0.717) is 37.4 Å². The molecule has 0 radical (unpaired) electrons. The quantitative estimate of drug-likeness (QED) is 0.487. The number of amides is 2. The number of likely N-dealkylation sites (N-methyl/N-ethyl adjacent to an activating group) is 1. The molecule has 0 unspecified atom stereocenters. The summed E-state index contributed by atoms with van der Waals surface area (Å²) in [6.45, 7) is 8.74. The van der Waals surface area contributed by atoms with Crippen LogP contribution in [0.2, 0.25) is 0 Å². The lowest BCUT2D eigenvalue weighted by molar-refractivity contribution is 0.172. The van der Waals surface area contributed by atoms with Crippen LogP contribution in [0.15, 0.2) is 48.4 Å². The molecule has 1 fully saturated rings. The number of nitrogens with one attached hydrogen (secondary N) is 1. The molecule has 0 spiro atoms. The largest absolute Gasteiger partial charge is 0.492 e. The number of hydrogen-bond acceptors (Lipinski definition) is 3. The Morgan fingerprint density at radius 2 is 2.10 bits per heavy atom. The Hall–Kier alpha value is -2.34. The van der Waals surface area contributed by atoms with Crippen LogP contribution in [0.1, 0.15) is 39.2 Å². The summed E-state index contributed by atoms with van der Waals surface area (Å²) in [7, 11) is 2.09. The van der Waals surface area contributed by atoms with Crippen LogP contribution in [-0.4, -0.2) is 48.6 Å². The lowest BCUT2D eigenvalue weighted by Crippen LogP contribution is -2.44. The fourth-order valence-electron chi connectivity index (χ4n) is 3.28. The standard InChI is InChI=1S/C23H34FN3O2/c1-5-7-22(29-17-18(2)3)14-25-23(28)27(16-21-8-6-13-26(21)4)15-19-9-11-20(24)12-10-19/h5,7,9-12,14,18,21H,6,8,13,15-17H2,1-4H3,(H,25,28)/b7-5-,22-14+/t21-/m0/s1. The molecule has 0 aliphatic carbocycles. The second-order valence-electron chi connectivity index (χ2n) is 7.98. The second-order valence-corrected chi connectivity index (χ2v) is 7.98. The molecule has 1 aliphatic rings. The topological polar surface area (TPSA) is 44.8 Å². The summed E-state index contributed by atoms with van der Waals surface area (Å²) in [6, 6.07) is 6.44. The van der Waals surface area contributed by atoms with Crippen LogP contribution < -0.4 is 5.32 Å². The highest BCUT2D eigenvalue weighted by Crippen LogP contribution is 2.17. The molecule has 29 heavy (non-hydrogen) atoms. The van der Waals surface area contributed by atoms with Gasteiger partial charge in [0.2, 0.25) is 0 Å². The Morgan fingerprint density at radius 1 is 1.38 bits per heavy atom. The van der Waals surface area contributed by atoms with Gasteiger partial charge in [0, 0.05) is 25.3 Å². The van der Waals surface area contributed by atoms with E-state index >= 15 is 0 Å². The molecule has 1 heterocycles. The van der Waals surface area contributed by atoms with Gasteiger partial charge >= 0.3 is 6.03 Å². The molecule has 0 aromatic heterocycles. The molecular weight excluding hydrogens is 369 g/mol. The summed E-state index contributed by atoms with van der Waals surface area (Å²) < 4.78 is 19.0. The van der Waals surface area contributed by atoms with E-state index in [1.807, 2.05) is 19.1 Å². The highest BCUT2D eigenvalue weighted by Gasteiger charge is 2.25. The van der Waals surface area contributed by atoms with Gasteiger partial charge in [-0.3, -0.25) is 0 Å². The van der Waals surface area contributed by atoms with Crippen LogP contribution in [0, 0.1) is 11.7 Å².